The van der Waals surface area contributed by atoms with Crippen LogP contribution in [0.4, 0.5) is 0 Å². The first-order chi connectivity index (χ1) is 24.3. The molecule has 10 atom stereocenters. The summed E-state index contributed by atoms with van der Waals surface area (Å²) in [5.41, 5.74) is -1.16. The minimum absolute atomic E-state index is 0.0126. The zero-order valence-electron chi connectivity index (χ0n) is 27.6. The number of hydrogen-bond donors (Lipinski definition) is 8. The summed E-state index contributed by atoms with van der Waals surface area (Å²) in [4.78, 5) is 73.8. The van der Waals surface area contributed by atoms with Crippen molar-refractivity contribution in [3.05, 3.63) is 35.1 Å². The Morgan fingerprint density at radius 1 is 0.981 bits per heavy atom. The predicted octanol–water partition coefficient (Wildman–Crippen LogP) is -2.48. The zero-order chi connectivity index (χ0) is 38.4. The highest BCUT2D eigenvalue weighted by Crippen LogP contribution is 2.65. The number of aliphatic carboxylic acids is 3. The molecule has 2 bridgehead atoms. The lowest BCUT2D eigenvalue weighted by Gasteiger charge is -2.61. The summed E-state index contributed by atoms with van der Waals surface area (Å²) >= 11 is 0. The fourth-order valence-corrected chi connectivity index (χ4v) is 7.38. The topological polar surface area (TPSA) is 314 Å². The third kappa shape index (κ3) is 6.63. The number of ether oxygens (including phenoxy) is 5. The molecule has 2 aliphatic carbocycles. The number of carbonyl (C=O) groups is 6. The molecule has 1 aromatic rings. The molecule has 20 nitrogen and oxygen atoms in total. The van der Waals surface area contributed by atoms with E-state index in [1.54, 1.807) is 6.07 Å². The number of aromatic hydroxyl groups is 1. The number of likely N-dealkylation sites (tertiary alicyclic amines) is 1. The van der Waals surface area contributed by atoms with Gasteiger partial charge in [0, 0.05) is 18.0 Å². The molecule has 0 amide bonds. The van der Waals surface area contributed by atoms with Gasteiger partial charge in [0.2, 0.25) is 6.10 Å². The molecular weight excluding hydrogens is 702 g/mol. The number of aliphatic hydroxyl groups is 4. The van der Waals surface area contributed by atoms with E-state index in [1.807, 2.05) is 11.9 Å². The zero-order valence-corrected chi connectivity index (χ0v) is 27.6. The Balaban J connectivity index is 1.37. The Bertz CT molecular complexity index is 1690. The van der Waals surface area contributed by atoms with Crippen LogP contribution in [-0.2, 0) is 59.6 Å². The van der Waals surface area contributed by atoms with E-state index >= 15 is 0 Å². The fraction of sp³-hybridized carbons (Fsp3) is 0.562. The predicted molar refractivity (Wildman–Crippen MR) is 163 cm³/mol. The lowest BCUT2D eigenvalue weighted by atomic mass is 9.50. The van der Waals surface area contributed by atoms with E-state index in [-0.39, 0.29) is 29.7 Å². The molecule has 1 spiro atoms. The van der Waals surface area contributed by atoms with Gasteiger partial charge in [-0.05, 0) is 51.1 Å². The van der Waals surface area contributed by atoms with Crippen LogP contribution in [0.5, 0.6) is 11.5 Å². The highest BCUT2D eigenvalue weighted by atomic mass is 16.7. The number of aliphatic hydroxyl groups excluding tert-OH is 3. The highest BCUT2D eigenvalue weighted by molar-refractivity contribution is 5.85. The summed E-state index contributed by atoms with van der Waals surface area (Å²) in [6, 6.07) is 2.83. The Labute approximate surface area is 293 Å². The molecule has 1 fully saturated rings. The van der Waals surface area contributed by atoms with Gasteiger partial charge >= 0.3 is 35.8 Å². The number of esters is 3. The van der Waals surface area contributed by atoms with E-state index in [0.29, 0.717) is 24.9 Å². The Kier molecular flexibility index (Phi) is 10.5. The second kappa shape index (κ2) is 14.3. The van der Waals surface area contributed by atoms with E-state index in [0.717, 1.165) is 12.5 Å². The van der Waals surface area contributed by atoms with Gasteiger partial charge in [-0.15, -0.1) is 0 Å². The van der Waals surface area contributed by atoms with E-state index in [4.69, 9.17) is 34.3 Å². The summed E-state index contributed by atoms with van der Waals surface area (Å²) < 4.78 is 26.4. The molecule has 1 saturated heterocycles. The smallest absolute Gasteiger partial charge is 0.345 e. The maximum absolute atomic E-state index is 13.4. The van der Waals surface area contributed by atoms with Gasteiger partial charge in [-0.25, -0.2) is 19.2 Å². The summed E-state index contributed by atoms with van der Waals surface area (Å²) in [5, 5.41) is 80.3. The normalized spacial score (nSPS) is 27.6. The number of nitrogens with zero attached hydrogens (tertiary/aromatic N) is 1. The van der Waals surface area contributed by atoms with Crippen LogP contribution >= 0.6 is 0 Å². The molecule has 20 heteroatoms. The van der Waals surface area contributed by atoms with Crippen molar-refractivity contribution in [3.63, 3.8) is 0 Å². The van der Waals surface area contributed by atoms with Crippen molar-refractivity contribution >= 4 is 35.8 Å². The minimum Gasteiger partial charge on any atom is -0.504 e. The van der Waals surface area contributed by atoms with Gasteiger partial charge in [-0.2, -0.15) is 0 Å². The monoisotopic (exact) mass is 739 g/mol. The Morgan fingerprint density at radius 2 is 1.67 bits per heavy atom. The molecule has 52 heavy (non-hydrogen) atoms. The van der Waals surface area contributed by atoms with Crippen LogP contribution in [0.25, 0.3) is 0 Å². The molecule has 284 valence electrons. The maximum atomic E-state index is 13.4. The third-order valence-corrected chi connectivity index (χ3v) is 9.90. The van der Waals surface area contributed by atoms with Crippen molar-refractivity contribution in [1.29, 1.82) is 0 Å². The van der Waals surface area contributed by atoms with Gasteiger partial charge in [0.05, 0.1) is 23.9 Å². The molecule has 2 aliphatic heterocycles. The van der Waals surface area contributed by atoms with Crippen molar-refractivity contribution < 1.29 is 93.3 Å². The molecule has 2 heterocycles. The van der Waals surface area contributed by atoms with Crippen molar-refractivity contribution in [3.8, 4) is 11.5 Å². The quantitative estimate of drug-likeness (QED) is 0.0524. The minimum atomic E-state index is -2.73. The van der Waals surface area contributed by atoms with Crippen molar-refractivity contribution in [1.82, 2.24) is 4.90 Å². The third-order valence-electron chi connectivity index (χ3n) is 9.90. The van der Waals surface area contributed by atoms with E-state index < -0.39 is 103 Å². The average Bonchev–Trinajstić information content (AvgIpc) is 3.43. The summed E-state index contributed by atoms with van der Waals surface area (Å²) in [6.07, 6.45) is -15.3. The average molecular weight is 740 g/mol. The molecule has 1 aromatic carbocycles. The first-order valence-corrected chi connectivity index (χ1v) is 16.0. The van der Waals surface area contributed by atoms with Crippen LogP contribution in [-0.4, -0.2) is 150 Å². The van der Waals surface area contributed by atoms with Crippen molar-refractivity contribution in [2.24, 2.45) is 0 Å². The summed E-state index contributed by atoms with van der Waals surface area (Å²) in [7, 11) is 1.87. The van der Waals surface area contributed by atoms with E-state index in [9.17, 15) is 54.3 Å². The fourth-order valence-electron chi connectivity index (χ4n) is 7.38. The highest BCUT2D eigenvalue weighted by Gasteiger charge is 2.72. The molecule has 0 saturated carbocycles. The second-order valence-corrected chi connectivity index (χ2v) is 13.0. The number of carbonyl (C=O) groups excluding carboxylic acids is 3. The van der Waals surface area contributed by atoms with Crippen molar-refractivity contribution in [2.75, 3.05) is 13.6 Å². The molecule has 2 unspecified atom stereocenters. The first kappa shape index (κ1) is 38.4. The molecular formula is C32H37NO19. The van der Waals surface area contributed by atoms with Gasteiger partial charge in [0.1, 0.15) is 5.76 Å². The van der Waals surface area contributed by atoms with Gasteiger partial charge in [-0.3, -0.25) is 9.59 Å². The number of rotatable bonds is 15. The number of piperidine rings is 1. The molecule has 0 aromatic heterocycles. The number of carboxylic acids is 3. The van der Waals surface area contributed by atoms with Crippen LogP contribution in [0.1, 0.15) is 43.7 Å². The van der Waals surface area contributed by atoms with Crippen LogP contribution < -0.4 is 4.74 Å². The van der Waals surface area contributed by atoms with E-state index in [2.05, 4.69) is 4.74 Å². The number of benzene rings is 1. The molecule has 8 N–H and O–H groups in total. The molecule has 5 rings (SSSR count). The largest absolute Gasteiger partial charge is 0.504 e. The first-order valence-electron chi connectivity index (χ1n) is 16.0. The van der Waals surface area contributed by atoms with E-state index in [1.165, 1.54) is 12.1 Å². The van der Waals surface area contributed by atoms with Gasteiger partial charge in [0.25, 0.3) is 0 Å². The number of phenols is 1. The standard InChI is InChI=1S/C32H37NO19/c1-12(28(44)50-16(26(40)41)10-19(35)36)48-29(45)17(51-30(46)23(39)22(38)27(42)43)11-20(37)49-15-5-6-32(47)18-9-13-3-4-14(34)24-21(13)31(32,25(15)52-24)7-8-33(18)2/h3-5,12,16-18,22-23,25,29,34,38-39,45,47H,6-11H2,1-2H3,(H,35,36)(H,40,41)(H,42,43)/t12-,16+,17-,18+,22+,23+,25-,29?,31?,32+/m0/s1. The van der Waals surface area contributed by atoms with Gasteiger partial charge in [0.15, 0.2) is 48.3 Å². The lowest BCUT2D eigenvalue weighted by Crippen LogP contribution is -2.74. The number of phenolic OH excluding ortho intramolecular Hbond substituents is 1. The number of likely N-dealkylation sites (N-methyl/N-ethyl adjacent to an activating group) is 1. The summed E-state index contributed by atoms with van der Waals surface area (Å²) in [5.74, 6) is -10.2. The molecule has 0 radical (unpaired) electrons. The Morgan fingerprint density at radius 3 is 2.31 bits per heavy atom. The lowest BCUT2D eigenvalue weighted by molar-refractivity contribution is -0.220. The van der Waals surface area contributed by atoms with Gasteiger partial charge < -0.3 is 69.4 Å². The Hall–Kier alpha value is -4.86. The molecule has 4 aliphatic rings. The van der Waals surface area contributed by atoms with Crippen LogP contribution in [0.3, 0.4) is 0 Å². The van der Waals surface area contributed by atoms with Crippen LogP contribution in [0, 0.1) is 0 Å². The van der Waals surface area contributed by atoms with Crippen molar-refractivity contribution in [2.45, 2.75) is 99.0 Å². The maximum Gasteiger partial charge on any atom is 0.345 e. The second-order valence-electron chi connectivity index (χ2n) is 13.0. The van der Waals surface area contributed by atoms with Crippen LogP contribution in [0.15, 0.2) is 24.0 Å². The number of carboxylic acid groups (broad SMARTS) is 3. The SMILES string of the molecule is C[C@H](OC(O)[C@H](CC(=O)OC1=CC[C@@]2(O)[C@H]3Cc4ccc(O)c5c4C2(CCN3C)[C@H]1O5)OC(=O)[C@H](O)[C@@H](O)C(=O)O)C(=O)O[C@H](CC(=O)O)C(=O)O. The summed E-state index contributed by atoms with van der Waals surface area (Å²) in [6.45, 7) is 1.44. The van der Waals surface area contributed by atoms with Gasteiger partial charge in [-0.1, -0.05) is 6.07 Å². The van der Waals surface area contributed by atoms with Crippen LogP contribution in [0.2, 0.25) is 0 Å². The number of hydrogen-bond acceptors (Lipinski definition) is 17.